The molecule has 4 aromatic heterocycles. The molecule has 3 N–H and O–H groups in total. The Kier molecular flexibility index (Phi) is 16.3. The molecule has 1 amide bonds. The van der Waals surface area contributed by atoms with Crippen molar-refractivity contribution in [3.8, 4) is 0 Å². The van der Waals surface area contributed by atoms with Crippen molar-refractivity contribution in [3.05, 3.63) is 106 Å². The van der Waals surface area contributed by atoms with Gasteiger partial charge in [0.25, 0.3) is 0 Å². The van der Waals surface area contributed by atoms with Gasteiger partial charge >= 0.3 is 6.09 Å². The lowest BCUT2D eigenvalue weighted by molar-refractivity contribution is 0.00819. The predicted octanol–water partition coefficient (Wildman–Crippen LogP) is 10.2. The highest BCUT2D eigenvalue weighted by Crippen LogP contribution is 2.32. The van der Waals surface area contributed by atoms with Crippen LogP contribution < -0.4 is 16.0 Å². The van der Waals surface area contributed by atoms with Crippen LogP contribution in [0, 0.1) is 0 Å². The van der Waals surface area contributed by atoms with Crippen LogP contribution in [0.25, 0.3) is 20.4 Å². The summed E-state index contributed by atoms with van der Waals surface area (Å²) >= 11 is 3.26. The largest absolute Gasteiger partial charge is 0.444 e. The van der Waals surface area contributed by atoms with Gasteiger partial charge in [-0.25, -0.2) is 24.7 Å². The molecule has 2 aromatic carbocycles. The standard InChI is InChI=1S/C22H26N4O2S.C17H18N4S.2CH4.2H2S/c1-14(25-19-18-9-10-29-20(18)24-13-23-19)15-5-7-16(8-6-15)17-11-26(12-17)21(27)28-22(2,3)4;1-11(12-2-4-13(5-3-12)14-8-18-9-14)21-16-15-6-7-22-17(15)20-10-19-16;;;;/h5-10,13-14,17H,11-12H2,1-4H3,(H,23,24,25);2-7,10-11,14,18H,8-9H2,1H3,(H,19,20,21);2*1H4;2*1H2/t14-;11-;;;;/m00..../s1. The molecule has 0 unspecified atom stereocenters. The molecule has 6 aromatic rings. The van der Waals surface area contributed by atoms with E-state index in [1.165, 1.54) is 22.3 Å². The average molecular weight is 821 g/mol. The lowest BCUT2D eigenvalue weighted by Gasteiger charge is -2.40. The minimum Gasteiger partial charge on any atom is -0.444 e. The highest BCUT2D eigenvalue weighted by Gasteiger charge is 2.34. The van der Waals surface area contributed by atoms with Crippen LogP contribution in [0.4, 0.5) is 16.4 Å². The van der Waals surface area contributed by atoms with E-state index >= 15 is 0 Å². The highest BCUT2D eigenvalue weighted by atomic mass is 32.1. The molecule has 2 saturated heterocycles. The molecule has 10 nitrogen and oxygen atoms in total. The zero-order valence-corrected chi connectivity index (χ0v) is 34.2. The minimum absolute atomic E-state index is 0. The topological polar surface area (TPSA) is 117 Å². The first kappa shape index (κ1) is 45.4. The average Bonchev–Trinajstić information content (AvgIpc) is 3.75. The van der Waals surface area contributed by atoms with Crippen LogP contribution in [0.5, 0.6) is 0 Å². The monoisotopic (exact) mass is 820 g/mol. The number of hydrogen-bond acceptors (Lipinski definition) is 11. The number of carbonyl (C=O) groups is 1. The zero-order valence-electron chi connectivity index (χ0n) is 30.6. The first-order chi connectivity index (χ1) is 24.6. The molecule has 8 rings (SSSR count). The second-order valence-electron chi connectivity index (χ2n) is 14.2. The molecular weight excluding hydrogens is 765 g/mol. The molecule has 0 bridgehead atoms. The molecule has 296 valence electrons. The van der Waals surface area contributed by atoms with Gasteiger partial charge in [-0.1, -0.05) is 63.4 Å². The van der Waals surface area contributed by atoms with Crippen LogP contribution in [0.1, 0.15) is 95.6 Å². The number of hydrogen-bond donors (Lipinski definition) is 3. The van der Waals surface area contributed by atoms with Gasteiger partial charge in [0.2, 0.25) is 0 Å². The maximum Gasteiger partial charge on any atom is 0.410 e. The second kappa shape index (κ2) is 19.8. The number of amides is 1. The fourth-order valence-electron chi connectivity index (χ4n) is 6.19. The Balaban J connectivity index is 0.000000283. The van der Waals surface area contributed by atoms with Crippen molar-refractivity contribution in [2.45, 2.75) is 79.0 Å². The molecule has 2 atom stereocenters. The minimum atomic E-state index is -0.453. The summed E-state index contributed by atoms with van der Waals surface area (Å²) in [5.74, 6) is 2.82. The SMILES string of the molecule is C.C.C[C@H](Nc1ncnc2sccc12)c1ccc(C2CN(C(=O)OC(C)(C)C)C2)cc1.C[C@H](Nc1ncnc2sccc12)c1ccc(C2CNC2)cc1.S.S. The first-order valence-corrected chi connectivity index (χ1v) is 19.1. The van der Waals surface area contributed by atoms with E-state index < -0.39 is 5.60 Å². The zero-order chi connectivity index (χ0) is 35.5. The molecule has 2 aliphatic heterocycles. The number of thiophene rings is 2. The van der Waals surface area contributed by atoms with Crippen molar-refractivity contribution in [1.29, 1.82) is 0 Å². The smallest absolute Gasteiger partial charge is 0.410 e. The molecular formula is C41H56N8O2S4. The Morgan fingerprint density at radius 3 is 1.56 bits per heavy atom. The number of anilines is 2. The summed E-state index contributed by atoms with van der Waals surface area (Å²) in [7, 11) is 0. The van der Waals surface area contributed by atoms with Crippen LogP contribution in [0.2, 0.25) is 0 Å². The van der Waals surface area contributed by atoms with Crippen molar-refractivity contribution in [1.82, 2.24) is 30.2 Å². The van der Waals surface area contributed by atoms with Gasteiger partial charge in [0, 0.05) is 50.1 Å². The molecule has 0 saturated carbocycles. The van der Waals surface area contributed by atoms with E-state index in [1.807, 2.05) is 32.2 Å². The molecule has 0 spiro atoms. The van der Waals surface area contributed by atoms with Gasteiger partial charge in [-0.2, -0.15) is 27.0 Å². The van der Waals surface area contributed by atoms with Crippen molar-refractivity contribution in [2.75, 3.05) is 36.8 Å². The Hall–Kier alpha value is -3.95. The summed E-state index contributed by atoms with van der Waals surface area (Å²) in [4.78, 5) is 33.2. The third-order valence-corrected chi connectivity index (χ3v) is 11.0. The third kappa shape index (κ3) is 10.9. The summed E-state index contributed by atoms with van der Waals surface area (Å²) < 4.78 is 5.43. The van der Waals surface area contributed by atoms with Crippen molar-refractivity contribution >= 4 is 87.8 Å². The van der Waals surface area contributed by atoms with E-state index in [2.05, 4.69) is 110 Å². The number of fused-ring (bicyclic) bond motifs is 2. The number of carbonyl (C=O) groups excluding carboxylic acids is 1. The Labute approximate surface area is 347 Å². The van der Waals surface area contributed by atoms with Gasteiger partial charge in [0.1, 0.15) is 39.6 Å². The number of likely N-dealkylation sites (tertiary alicyclic amines) is 1. The summed E-state index contributed by atoms with van der Waals surface area (Å²) in [6.45, 7) is 13.6. The maximum absolute atomic E-state index is 12.1. The van der Waals surface area contributed by atoms with E-state index in [9.17, 15) is 4.79 Å². The van der Waals surface area contributed by atoms with Crippen LogP contribution in [-0.2, 0) is 4.74 Å². The van der Waals surface area contributed by atoms with Gasteiger partial charge in [-0.3, -0.25) is 0 Å². The molecule has 0 radical (unpaired) electrons. The van der Waals surface area contributed by atoms with Gasteiger partial charge in [0.05, 0.1) is 10.8 Å². The Bertz CT molecular complexity index is 2090. The van der Waals surface area contributed by atoms with Crippen LogP contribution >= 0.6 is 49.7 Å². The first-order valence-electron chi connectivity index (χ1n) is 17.4. The molecule has 2 fully saturated rings. The predicted molar refractivity (Wildman–Crippen MR) is 242 cm³/mol. The number of nitrogens with one attached hydrogen (secondary N) is 3. The number of rotatable bonds is 8. The van der Waals surface area contributed by atoms with Gasteiger partial charge < -0.3 is 25.6 Å². The van der Waals surface area contributed by atoms with E-state index in [0.717, 1.165) is 45.2 Å². The normalized spacial score (nSPS) is 14.9. The van der Waals surface area contributed by atoms with E-state index in [0.29, 0.717) is 24.9 Å². The van der Waals surface area contributed by atoms with Gasteiger partial charge in [0.15, 0.2) is 0 Å². The quantitative estimate of drug-likeness (QED) is 0.138. The lowest BCUT2D eigenvalue weighted by Crippen LogP contribution is -2.50. The summed E-state index contributed by atoms with van der Waals surface area (Å²) in [5, 5.41) is 16.6. The second-order valence-corrected chi connectivity index (χ2v) is 16.0. The summed E-state index contributed by atoms with van der Waals surface area (Å²) in [6, 6.07) is 22.0. The fourth-order valence-corrected chi connectivity index (χ4v) is 7.66. The molecule has 55 heavy (non-hydrogen) atoms. The molecule has 6 heterocycles. The van der Waals surface area contributed by atoms with Crippen molar-refractivity contribution in [2.24, 2.45) is 0 Å². The molecule has 0 aliphatic carbocycles. The van der Waals surface area contributed by atoms with Crippen LogP contribution in [0.15, 0.2) is 84.1 Å². The molecule has 2 aliphatic rings. The van der Waals surface area contributed by atoms with E-state index in [-0.39, 0.29) is 60.0 Å². The Morgan fingerprint density at radius 1 is 0.727 bits per heavy atom. The van der Waals surface area contributed by atoms with Crippen molar-refractivity contribution in [3.63, 3.8) is 0 Å². The fraction of sp³-hybridized carbons (Fsp3) is 0.390. The maximum atomic E-state index is 12.1. The molecule has 14 heteroatoms. The van der Waals surface area contributed by atoms with E-state index in [1.54, 1.807) is 40.2 Å². The lowest BCUT2D eigenvalue weighted by atomic mass is 9.90. The number of benzene rings is 2. The van der Waals surface area contributed by atoms with E-state index in [4.69, 9.17) is 4.74 Å². The number of aromatic nitrogens is 4. The van der Waals surface area contributed by atoms with Gasteiger partial charge in [-0.15, -0.1) is 22.7 Å². The van der Waals surface area contributed by atoms with Crippen LogP contribution in [-0.4, -0.2) is 62.7 Å². The third-order valence-electron chi connectivity index (χ3n) is 9.36. The number of ether oxygens (including phenoxy) is 1. The summed E-state index contributed by atoms with van der Waals surface area (Å²) in [6.07, 6.45) is 3.00. The van der Waals surface area contributed by atoms with Crippen LogP contribution in [0.3, 0.4) is 0 Å². The number of nitrogens with zero attached hydrogens (tertiary/aromatic N) is 5. The van der Waals surface area contributed by atoms with Crippen molar-refractivity contribution < 1.29 is 9.53 Å². The Morgan fingerprint density at radius 2 is 1.16 bits per heavy atom. The highest BCUT2D eigenvalue weighted by molar-refractivity contribution is 7.59. The summed E-state index contributed by atoms with van der Waals surface area (Å²) in [5.41, 5.74) is 4.70. The van der Waals surface area contributed by atoms with Gasteiger partial charge in [-0.05, 0) is 79.8 Å².